The zero-order valence-electron chi connectivity index (χ0n) is 15.0. The van der Waals surface area contributed by atoms with E-state index in [1.165, 1.54) is 21.0 Å². The number of carbonyl (C=O) groups is 2. The van der Waals surface area contributed by atoms with Crippen LogP contribution < -0.4 is 0 Å². The number of allylic oxidation sites excluding steroid dienone is 1. The average molecular weight is 306 g/mol. The lowest BCUT2D eigenvalue weighted by Gasteiger charge is -2.13. The SMILES string of the molecule is C=CC.CC(=O)CC(C)(C)O.CCOCC.COC(C)=O. The molecule has 21 heavy (non-hydrogen) atoms. The number of ether oxygens (including phenoxy) is 2. The van der Waals surface area contributed by atoms with Gasteiger partial charge >= 0.3 is 5.97 Å². The summed E-state index contributed by atoms with van der Waals surface area (Å²) in [5.41, 5.74) is -0.828. The summed E-state index contributed by atoms with van der Waals surface area (Å²) in [5.74, 6) is -0.220. The van der Waals surface area contributed by atoms with Crippen LogP contribution >= 0.6 is 0 Å². The van der Waals surface area contributed by atoms with Crippen molar-refractivity contribution in [3.05, 3.63) is 12.7 Å². The van der Waals surface area contributed by atoms with Gasteiger partial charge in [-0.3, -0.25) is 9.59 Å². The van der Waals surface area contributed by atoms with Gasteiger partial charge in [-0.25, -0.2) is 0 Å². The molecule has 0 radical (unpaired) electrons. The average Bonchev–Trinajstić information content (AvgIpc) is 2.29. The molecule has 1 N–H and O–H groups in total. The predicted octanol–water partition coefficient (Wildman–Crippen LogP) is 3.15. The predicted molar refractivity (Wildman–Crippen MR) is 87.3 cm³/mol. The van der Waals surface area contributed by atoms with Crippen molar-refractivity contribution in [3.8, 4) is 0 Å². The summed E-state index contributed by atoms with van der Waals surface area (Å²) < 4.78 is 8.94. The first-order valence-corrected chi connectivity index (χ1v) is 6.93. The zero-order chi connectivity index (χ0) is 17.9. The number of rotatable bonds is 4. The van der Waals surface area contributed by atoms with Gasteiger partial charge in [0.25, 0.3) is 0 Å². The fourth-order valence-electron chi connectivity index (χ4n) is 0.813. The van der Waals surface area contributed by atoms with Crippen LogP contribution in [0.3, 0.4) is 0 Å². The number of hydrogen-bond donors (Lipinski definition) is 1. The Morgan fingerprint density at radius 2 is 1.48 bits per heavy atom. The Morgan fingerprint density at radius 1 is 1.19 bits per heavy atom. The number of aliphatic hydroxyl groups is 1. The highest BCUT2D eigenvalue weighted by Gasteiger charge is 2.13. The summed E-state index contributed by atoms with van der Waals surface area (Å²) in [6.07, 6.45) is 1.99. The van der Waals surface area contributed by atoms with E-state index in [9.17, 15) is 9.59 Å². The lowest BCUT2D eigenvalue weighted by Crippen LogP contribution is -2.21. The van der Waals surface area contributed by atoms with Gasteiger partial charge in [0, 0.05) is 26.6 Å². The molecule has 0 bridgehead atoms. The Hall–Kier alpha value is -1.20. The molecule has 0 unspecified atom stereocenters. The molecule has 0 spiro atoms. The Morgan fingerprint density at radius 3 is 1.48 bits per heavy atom. The monoisotopic (exact) mass is 306 g/mol. The number of methoxy groups -OCH3 is 1. The fraction of sp³-hybridized carbons (Fsp3) is 0.750. The van der Waals surface area contributed by atoms with E-state index in [1.54, 1.807) is 19.9 Å². The van der Waals surface area contributed by atoms with Crippen LogP contribution in [0, 0.1) is 0 Å². The van der Waals surface area contributed by atoms with Crippen molar-refractivity contribution in [3.63, 3.8) is 0 Å². The third-order valence-electron chi connectivity index (χ3n) is 1.38. The maximum Gasteiger partial charge on any atom is 0.302 e. The quantitative estimate of drug-likeness (QED) is 0.638. The molecule has 0 aliphatic heterocycles. The minimum absolute atomic E-state index is 0.0255. The maximum atomic E-state index is 10.3. The van der Waals surface area contributed by atoms with Crippen molar-refractivity contribution < 1.29 is 24.2 Å². The molecule has 0 aromatic carbocycles. The van der Waals surface area contributed by atoms with Crippen molar-refractivity contribution in [2.24, 2.45) is 0 Å². The van der Waals surface area contributed by atoms with Gasteiger partial charge in [-0.15, -0.1) is 6.58 Å². The minimum atomic E-state index is -0.828. The normalized spacial score (nSPS) is 8.62. The Bertz CT molecular complexity index is 240. The van der Waals surface area contributed by atoms with E-state index >= 15 is 0 Å². The number of hydrogen-bond acceptors (Lipinski definition) is 5. The van der Waals surface area contributed by atoms with Crippen molar-refractivity contribution in [1.29, 1.82) is 0 Å². The molecular formula is C16H34O5. The van der Waals surface area contributed by atoms with E-state index in [4.69, 9.17) is 9.84 Å². The molecule has 0 aliphatic carbocycles. The lowest BCUT2D eigenvalue weighted by atomic mass is 10.0. The molecule has 0 aromatic rings. The summed E-state index contributed by atoms with van der Waals surface area (Å²) in [4.78, 5) is 19.9. The number of esters is 1. The van der Waals surface area contributed by atoms with Gasteiger partial charge in [0.2, 0.25) is 0 Å². The molecule has 0 aromatic heterocycles. The van der Waals surface area contributed by atoms with Crippen molar-refractivity contribution in [2.45, 2.75) is 60.5 Å². The standard InChI is InChI=1S/C6H12O2.C4H10O.C3H6O2.C3H6/c1-5(7)4-6(2,3)8;1-3-5-4-2;1-3(4)5-2;1-3-2/h8H,4H2,1-3H3;3-4H2,1-2H3;1-2H3;3H,1H2,2H3. The first-order valence-electron chi connectivity index (χ1n) is 6.93. The van der Waals surface area contributed by atoms with Gasteiger partial charge in [0.1, 0.15) is 5.78 Å². The van der Waals surface area contributed by atoms with Gasteiger partial charge in [0.05, 0.1) is 12.7 Å². The third-order valence-corrected chi connectivity index (χ3v) is 1.38. The maximum absolute atomic E-state index is 10.3. The zero-order valence-corrected chi connectivity index (χ0v) is 15.0. The molecule has 0 heterocycles. The first-order chi connectivity index (χ1) is 9.51. The van der Waals surface area contributed by atoms with E-state index in [2.05, 4.69) is 11.3 Å². The van der Waals surface area contributed by atoms with E-state index in [0.717, 1.165) is 13.2 Å². The minimum Gasteiger partial charge on any atom is -0.469 e. The molecule has 0 saturated carbocycles. The van der Waals surface area contributed by atoms with E-state index in [0.29, 0.717) is 0 Å². The molecule has 0 rings (SSSR count). The second-order valence-electron chi connectivity index (χ2n) is 4.58. The third kappa shape index (κ3) is 87.2. The van der Waals surface area contributed by atoms with Crippen LogP contribution in [0.5, 0.6) is 0 Å². The fourth-order valence-corrected chi connectivity index (χ4v) is 0.813. The van der Waals surface area contributed by atoms with Gasteiger partial charge < -0.3 is 14.6 Å². The number of carbonyl (C=O) groups excluding carboxylic acids is 2. The second kappa shape index (κ2) is 21.1. The van der Waals surface area contributed by atoms with Crippen LogP contribution in [0.4, 0.5) is 0 Å². The van der Waals surface area contributed by atoms with Crippen LogP contribution in [0.25, 0.3) is 0 Å². The van der Waals surface area contributed by atoms with E-state index in [1.807, 2.05) is 20.8 Å². The van der Waals surface area contributed by atoms with Crippen LogP contribution in [-0.2, 0) is 19.1 Å². The van der Waals surface area contributed by atoms with Crippen LogP contribution in [0.2, 0.25) is 0 Å². The molecule has 5 heteroatoms. The Kier molecular flexibility index (Phi) is 28.2. The van der Waals surface area contributed by atoms with Gasteiger partial charge in [-0.1, -0.05) is 6.08 Å². The van der Waals surface area contributed by atoms with Gasteiger partial charge in [0.15, 0.2) is 0 Å². The summed E-state index contributed by atoms with van der Waals surface area (Å²) in [6, 6.07) is 0. The highest BCUT2D eigenvalue weighted by Crippen LogP contribution is 2.06. The lowest BCUT2D eigenvalue weighted by molar-refractivity contribution is -0.138. The van der Waals surface area contributed by atoms with Gasteiger partial charge in [-0.2, -0.15) is 0 Å². The molecule has 0 saturated heterocycles. The summed E-state index contributed by atoms with van der Waals surface area (Å²) >= 11 is 0. The molecule has 0 fully saturated rings. The van der Waals surface area contributed by atoms with Gasteiger partial charge in [-0.05, 0) is 41.5 Å². The highest BCUT2D eigenvalue weighted by atomic mass is 16.5. The second-order valence-corrected chi connectivity index (χ2v) is 4.58. The van der Waals surface area contributed by atoms with Crippen molar-refractivity contribution in [2.75, 3.05) is 20.3 Å². The van der Waals surface area contributed by atoms with Crippen LogP contribution in [0.1, 0.15) is 54.9 Å². The van der Waals surface area contributed by atoms with Crippen LogP contribution in [0.15, 0.2) is 12.7 Å². The van der Waals surface area contributed by atoms with Crippen molar-refractivity contribution >= 4 is 11.8 Å². The molecule has 0 amide bonds. The summed E-state index contributed by atoms with van der Waals surface area (Å²) in [7, 11) is 1.35. The number of ketones is 1. The summed E-state index contributed by atoms with van der Waals surface area (Å²) in [6.45, 7) is 17.0. The van der Waals surface area contributed by atoms with E-state index in [-0.39, 0.29) is 18.2 Å². The first kappa shape index (κ1) is 28.0. The highest BCUT2D eigenvalue weighted by molar-refractivity contribution is 5.76. The van der Waals surface area contributed by atoms with Crippen LogP contribution in [-0.4, -0.2) is 42.8 Å². The molecule has 5 nitrogen and oxygen atoms in total. The molecular weight excluding hydrogens is 272 g/mol. The largest absolute Gasteiger partial charge is 0.469 e. The van der Waals surface area contributed by atoms with Crippen molar-refractivity contribution in [1.82, 2.24) is 0 Å². The Labute approximate surface area is 130 Å². The molecule has 0 atom stereocenters. The Balaban J connectivity index is -0.0000000977. The number of Topliss-reactive ketones (excluding diaryl/α,β-unsaturated/α-hetero) is 1. The topological polar surface area (TPSA) is 72.8 Å². The molecule has 128 valence electrons. The smallest absolute Gasteiger partial charge is 0.302 e. The molecule has 0 aliphatic rings. The summed E-state index contributed by atoms with van der Waals surface area (Å²) in [5, 5.41) is 8.97. The van der Waals surface area contributed by atoms with E-state index < -0.39 is 5.60 Å².